The minimum absolute atomic E-state index is 0.268. The summed E-state index contributed by atoms with van der Waals surface area (Å²) in [6, 6.07) is 4.37. The van der Waals surface area contributed by atoms with Gasteiger partial charge in [0, 0.05) is 16.6 Å². The lowest BCUT2D eigenvalue weighted by atomic mass is 9.93. The average Bonchev–Trinajstić information content (AvgIpc) is 2.18. The number of carbonyl (C=O) groups excluding carboxylic acids is 1. The first kappa shape index (κ1) is 11.3. The van der Waals surface area contributed by atoms with Crippen LogP contribution in [-0.2, 0) is 0 Å². The summed E-state index contributed by atoms with van der Waals surface area (Å²) in [6.07, 6.45) is 3.21. The zero-order valence-electron chi connectivity index (χ0n) is 8.66. The van der Waals surface area contributed by atoms with Gasteiger partial charge in [-0.15, -0.1) is 12.6 Å². The monoisotopic (exact) mass is 240 g/mol. The summed E-state index contributed by atoms with van der Waals surface area (Å²) in [5.74, 6) is -0.440. The Morgan fingerprint density at radius 3 is 2.75 bits per heavy atom. The van der Waals surface area contributed by atoms with Gasteiger partial charge >= 0.3 is 6.03 Å². The third-order valence-corrected chi connectivity index (χ3v) is 3.01. The molecule has 1 saturated carbocycles. The quantitative estimate of drug-likeness (QED) is 0.684. The number of rotatable bonds is 2. The SMILES string of the molecule is O=C(Nc1ccc(S)c(F)c1)NC1CCC1. The lowest BCUT2D eigenvalue weighted by Crippen LogP contribution is -2.41. The molecular weight excluding hydrogens is 227 g/mol. The van der Waals surface area contributed by atoms with E-state index in [4.69, 9.17) is 0 Å². The van der Waals surface area contributed by atoms with Gasteiger partial charge in [0.15, 0.2) is 0 Å². The molecule has 0 atom stereocenters. The zero-order valence-corrected chi connectivity index (χ0v) is 9.56. The molecule has 1 aliphatic carbocycles. The fourth-order valence-electron chi connectivity index (χ4n) is 1.49. The highest BCUT2D eigenvalue weighted by atomic mass is 32.1. The summed E-state index contributed by atoms with van der Waals surface area (Å²) in [5, 5.41) is 5.39. The van der Waals surface area contributed by atoms with Crippen molar-refractivity contribution in [3.05, 3.63) is 24.0 Å². The fraction of sp³-hybridized carbons (Fsp3) is 0.364. The maximum atomic E-state index is 13.1. The molecule has 2 amide bonds. The van der Waals surface area contributed by atoms with Gasteiger partial charge in [-0.05, 0) is 37.5 Å². The summed E-state index contributed by atoms with van der Waals surface area (Å²) in [7, 11) is 0. The van der Waals surface area contributed by atoms with Crippen LogP contribution >= 0.6 is 12.6 Å². The van der Waals surface area contributed by atoms with E-state index in [-0.39, 0.29) is 17.0 Å². The Kier molecular flexibility index (Phi) is 3.33. The van der Waals surface area contributed by atoms with Gasteiger partial charge in [-0.1, -0.05) is 0 Å². The normalized spacial score (nSPS) is 15.4. The average molecular weight is 240 g/mol. The number of hydrogen-bond donors (Lipinski definition) is 3. The van der Waals surface area contributed by atoms with E-state index in [1.807, 2.05) is 0 Å². The Hall–Kier alpha value is -1.23. The number of hydrogen-bond acceptors (Lipinski definition) is 2. The highest BCUT2D eigenvalue weighted by Gasteiger charge is 2.19. The van der Waals surface area contributed by atoms with E-state index in [0.717, 1.165) is 19.3 Å². The molecule has 86 valence electrons. The Morgan fingerprint density at radius 1 is 1.44 bits per heavy atom. The number of halogens is 1. The molecule has 1 aliphatic rings. The molecule has 2 N–H and O–H groups in total. The van der Waals surface area contributed by atoms with Crippen molar-refractivity contribution in [3.8, 4) is 0 Å². The van der Waals surface area contributed by atoms with Crippen molar-refractivity contribution in [2.24, 2.45) is 0 Å². The van der Waals surface area contributed by atoms with Crippen LogP contribution in [-0.4, -0.2) is 12.1 Å². The van der Waals surface area contributed by atoms with Gasteiger partial charge in [0.1, 0.15) is 5.82 Å². The van der Waals surface area contributed by atoms with Crippen molar-refractivity contribution < 1.29 is 9.18 Å². The summed E-state index contributed by atoms with van der Waals surface area (Å²) in [5.41, 5.74) is 0.437. The van der Waals surface area contributed by atoms with E-state index >= 15 is 0 Å². The summed E-state index contributed by atoms with van der Waals surface area (Å²) < 4.78 is 13.1. The van der Waals surface area contributed by atoms with E-state index in [1.165, 1.54) is 12.1 Å². The van der Waals surface area contributed by atoms with Crippen molar-refractivity contribution in [1.82, 2.24) is 5.32 Å². The van der Waals surface area contributed by atoms with Crippen LogP contribution in [0.1, 0.15) is 19.3 Å². The summed E-state index contributed by atoms with van der Waals surface area (Å²) >= 11 is 3.91. The van der Waals surface area contributed by atoms with Gasteiger partial charge in [0.25, 0.3) is 0 Å². The molecule has 0 unspecified atom stereocenters. The number of thiol groups is 1. The molecule has 1 aromatic carbocycles. The minimum Gasteiger partial charge on any atom is -0.335 e. The van der Waals surface area contributed by atoms with Crippen molar-refractivity contribution in [1.29, 1.82) is 0 Å². The molecule has 0 aromatic heterocycles. The van der Waals surface area contributed by atoms with Crippen LogP contribution in [0.15, 0.2) is 23.1 Å². The van der Waals surface area contributed by atoms with Crippen LogP contribution in [0.4, 0.5) is 14.9 Å². The first-order valence-corrected chi connectivity index (χ1v) is 5.66. The molecule has 0 heterocycles. The predicted octanol–water partition coefficient (Wildman–Crippen LogP) is 2.79. The Labute approximate surface area is 98.8 Å². The summed E-state index contributed by atoms with van der Waals surface area (Å²) in [6.45, 7) is 0. The third-order valence-electron chi connectivity index (χ3n) is 2.65. The summed E-state index contributed by atoms with van der Waals surface area (Å²) in [4.78, 5) is 11.7. The lowest BCUT2D eigenvalue weighted by molar-refractivity contribution is 0.240. The van der Waals surface area contributed by atoms with Crippen LogP contribution in [0.2, 0.25) is 0 Å². The Balaban J connectivity index is 1.92. The van der Waals surface area contributed by atoms with Crippen molar-refractivity contribution in [3.63, 3.8) is 0 Å². The van der Waals surface area contributed by atoms with Crippen LogP contribution < -0.4 is 10.6 Å². The highest BCUT2D eigenvalue weighted by Crippen LogP contribution is 2.19. The molecule has 0 spiro atoms. The molecule has 1 fully saturated rings. The van der Waals surface area contributed by atoms with Crippen molar-refractivity contribution in [2.75, 3.05) is 5.32 Å². The van der Waals surface area contributed by atoms with Gasteiger partial charge in [0.05, 0.1) is 0 Å². The fourth-order valence-corrected chi connectivity index (χ4v) is 1.63. The molecule has 0 aliphatic heterocycles. The topological polar surface area (TPSA) is 41.1 Å². The largest absolute Gasteiger partial charge is 0.335 e. The number of urea groups is 1. The highest BCUT2D eigenvalue weighted by molar-refractivity contribution is 7.80. The Bertz CT molecular complexity index is 407. The molecule has 5 heteroatoms. The zero-order chi connectivity index (χ0) is 11.5. The number of anilines is 1. The van der Waals surface area contributed by atoms with E-state index in [9.17, 15) is 9.18 Å². The molecule has 16 heavy (non-hydrogen) atoms. The predicted molar refractivity (Wildman–Crippen MR) is 63.4 cm³/mol. The van der Waals surface area contributed by atoms with E-state index in [2.05, 4.69) is 23.3 Å². The van der Waals surface area contributed by atoms with Crippen LogP contribution in [0.3, 0.4) is 0 Å². The first-order valence-electron chi connectivity index (χ1n) is 5.21. The number of nitrogens with one attached hydrogen (secondary N) is 2. The number of amides is 2. The standard InChI is InChI=1S/C11H13FN2OS/c12-9-6-8(4-5-10(9)16)14-11(15)13-7-2-1-3-7/h4-7,16H,1-3H2,(H2,13,14,15). The van der Waals surface area contributed by atoms with Crippen LogP contribution in [0.5, 0.6) is 0 Å². The van der Waals surface area contributed by atoms with Crippen molar-refractivity contribution in [2.45, 2.75) is 30.2 Å². The molecule has 0 saturated heterocycles. The second-order valence-corrected chi connectivity index (χ2v) is 4.37. The van der Waals surface area contributed by atoms with Gasteiger partial charge in [-0.2, -0.15) is 0 Å². The maximum Gasteiger partial charge on any atom is 0.319 e. The molecule has 3 nitrogen and oxygen atoms in total. The molecule has 0 radical (unpaired) electrons. The van der Waals surface area contributed by atoms with Crippen LogP contribution in [0.25, 0.3) is 0 Å². The molecular formula is C11H13FN2OS. The molecule has 2 rings (SSSR count). The molecule has 0 bridgehead atoms. The van der Waals surface area contributed by atoms with Gasteiger partial charge in [-0.25, -0.2) is 9.18 Å². The smallest absolute Gasteiger partial charge is 0.319 e. The van der Waals surface area contributed by atoms with E-state index in [0.29, 0.717) is 5.69 Å². The minimum atomic E-state index is -0.440. The van der Waals surface area contributed by atoms with Gasteiger partial charge < -0.3 is 10.6 Å². The number of benzene rings is 1. The second kappa shape index (κ2) is 4.74. The van der Waals surface area contributed by atoms with Gasteiger partial charge in [0.2, 0.25) is 0 Å². The first-order chi connectivity index (χ1) is 7.65. The third kappa shape index (κ3) is 2.66. The second-order valence-electron chi connectivity index (χ2n) is 3.89. The Morgan fingerprint density at radius 2 is 2.19 bits per heavy atom. The van der Waals surface area contributed by atoms with E-state index < -0.39 is 5.82 Å². The molecule has 1 aromatic rings. The number of carbonyl (C=O) groups is 1. The maximum absolute atomic E-state index is 13.1. The van der Waals surface area contributed by atoms with Crippen molar-refractivity contribution >= 4 is 24.3 Å². The lowest BCUT2D eigenvalue weighted by Gasteiger charge is -2.26. The van der Waals surface area contributed by atoms with Gasteiger partial charge in [-0.3, -0.25) is 0 Å². The van der Waals surface area contributed by atoms with E-state index in [1.54, 1.807) is 6.07 Å². The van der Waals surface area contributed by atoms with Crippen LogP contribution in [0, 0.1) is 5.82 Å².